The normalized spacial score (nSPS) is 10.2. The molecule has 0 fully saturated rings. The van der Waals surface area contributed by atoms with Gasteiger partial charge in [-0.25, -0.2) is 4.98 Å². The number of primary amides is 1. The van der Waals surface area contributed by atoms with Gasteiger partial charge in [-0.15, -0.1) is 0 Å². The molecule has 4 N–H and O–H groups in total. The van der Waals surface area contributed by atoms with E-state index >= 15 is 0 Å². The number of nitrogens with zero attached hydrogens (tertiary/aromatic N) is 3. The highest BCUT2D eigenvalue weighted by molar-refractivity contribution is 6.28. The Morgan fingerprint density at radius 1 is 1.59 bits per heavy atom. The molecule has 0 spiro atoms. The van der Waals surface area contributed by atoms with Crippen molar-refractivity contribution in [3.05, 3.63) is 11.5 Å². The SMILES string of the molecule is CCCCN(CC(N)=O)c1nc(Cl)ncc1N. The standard InChI is InChI=1S/C10H16ClN5O/c1-2-3-4-16(6-8(13)17)9-7(12)5-14-10(11)15-9/h5H,2-4,6,12H2,1H3,(H2,13,17). The van der Waals surface area contributed by atoms with Crippen molar-refractivity contribution in [3.8, 4) is 0 Å². The van der Waals surface area contributed by atoms with Crippen LogP contribution < -0.4 is 16.4 Å². The molecule has 0 bridgehead atoms. The van der Waals surface area contributed by atoms with E-state index in [1.807, 2.05) is 0 Å². The summed E-state index contributed by atoms with van der Waals surface area (Å²) in [6, 6.07) is 0. The van der Waals surface area contributed by atoms with E-state index in [4.69, 9.17) is 23.1 Å². The molecule has 0 atom stereocenters. The molecule has 1 aromatic heterocycles. The number of hydrogen-bond donors (Lipinski definition) is 2. The Bertz CT molecular complexity index is 398. The highest BCUT2D eigenvalue weighted by Crippen LogP contribution is 2.21. The molecule has 6 nitrogen and oxygen atoms in total. The minimum absolute atomic E-state index is 0.0670. The number of carbonyl (C=O) groups is 1. The maximum atomic E-state index is 11.0. The molecule has 7 heteroatoms. The van der Waals surface area contributed by atoms with Crippen LogP contribution in [0.25, 0.3) is 0 Å². The Morgan fingerprint density at radius 3 is 2.88 bits per heavy atom. The summed E-state index contributed by atoms with van der Waals surface area (Å²) in [6.07, 6.45) is 3.33. The number of halogens is 1. The zero-order valence-corrected chi connectivity index (χ0v) is 10.4. The molecule has 1 amide bonds. The lowest BCUT2D eigenvalue weighted by molar-refractivity contribution is -0.116. The van der Waals surface area contributed by atoms with E-state index in [-0.39, 0.29) is 11.8 Å². The first kappa shape index (κ1) is 13.5. The van der Waals surface area contributed by atoms with E-state index in [2.05, 4.69) is 16.9 Å². The molecule has 0 aliphatic carbocycles. The van der Waals surface area contributed by atoms with Crippen LogP contribution in [-0.2, 0) is 4.79 Å². The molecule has 1 rings (SSSR count). The average molecular weight is 258 g/mol. The van der Waals surface area contributed by atoms with Gasteiger partial charge >= 0.3 is 0 Å². The van der Waals surface area contributed by atoms with Gasteiger partial charge in [0.15, 0.2) is 5.82 Å². The molecule has 17 heavy (non-hydrogen) atoms. The quantitative estimate of drug-likeness (QED) is 0.735. The minimum Gasteiger partial charge on any atom is -0.394 e. The largest absolute Gasteiger partial charge is 0.394 e. The van der Waals surface area contributed by atoms with Crippen LogP contribution in [0.15, 0.2) is 6.20 Å². The third kappa shape index (κ3) is 4.07. The van der Waals surface area contributed by atoms with Crippen LogP contribution in [0.5, 0.6) is 0 Å². The molecule has 0 radical (unpaired) electrons. The second-order valence-corrected chi connectivity index (χ2v) is 4.00. The number of nitrogens with two attached hydrogens (primary N) is 2. The van der Waals surface area contributed by atoms with Crippen LogP contribution in [0, 0.1) is 0 Å². The predicted octanol–water partition coefficient (Wildman–Crippen LogP) is 0.804. The van der Waals surface area contributed by atoms with Gasteiger partial charge in [0.05, 0.1) is 18.4 Å². The fraction of sp³-hybridized carbons (Fsp3) is 0.500. The summed E-state index contributed by atoms with van der Waals surface area (Å²) in [5, 5.41) is 0.0974. The summed E-state index contributed by atoms with van der Waals surface area (Å²) in [5.74, 6) is 0.0208. The fourth-order valence-corrected chi connectivity index (χ4v) is 1.54. The van der Waals surface area contributed by atoms with Crippen LogP contribution in [0.1, 0.15) is 19.8 Å². The van der Waals surface area contributed by atoms with Crippen LogP contribution in [-0.4, -0.2) is 29.0 Å². The lowest BCUT2D eigenvalue weighted by Gasteiger charge is -2.23. The summed E-state index contributed by atoms with van der Waals surface area (Å²) in [4.78, 5) is 20.5. The van der Waals surface area contributed by atoms with Crippen molar-refractivity contribution in [1.29, 1.82) is 0 Å². The second kappa shape index (κ2) is 6.24. The summed E-state index contributed by atoms with van der Waals surface area (Å²) >= 11 is 5.71. The number of carbonyl (C=O) groups excluding carboxylic acids is 1. The zero-order valence-electron chi connectivity index (χ0n) is 9.69. The van der Waals surface area contributed by atoms with E-state index in [0.717, 1.165) is 12.8 Å². The number of nitrogen functional groups attached to an aromatic ring is 1. The van der Waals surface area contributed by atoms with Gasteiger partial charge in [0, 0.05) is 6.54 Å². The van der Waals surface area contributed by atoms with Crippen molar-refractivity contribution in [2.45, 2.75) is 19.8 Å². The van der Waals surface area contributed by atoms with Crippen LogP contribution in [0.3, 0.4) is 0 Å². The Labute approximate surface area is 105 Å². The number of unbranched alkanes of at least 4 members (excludes halogenated alkanes) is 1. The van der Waals surface area contributed by atoms with Crippen molar-refractivity contribution in [2.75, 3.05) is 23.7 Å². The Balaban J connectivity index is 2.93. The summed E-state index contributed by atoms with van der Waals surface area (Å²) in [5.41, 5.74) is 11.3. The van der Waals surface area contributed by atoms with Gasteiger partial charge in [-0.2, -0.15) is 4.98 Å². The predicted molar refractivity (Wildman–Crippen MR) is 67.8 cm³/mol. The van der Waals surface area contributed by atoms with Crippen molar-refractivity contribution in [3.63, 3.8) is 0 Å². The van der Waals surface area contributed by atoms with Gasteiger partial charge < -0.3 is 16.4 Å². The highest BCUT2D eigenvalue weighted by Gasteiger charge is 2.14. The topological polar surface area (TPSA) is 98.1 Å². The molecule has 0 aliphatic heterocycles. The Morgan fingerprint density at radius 2 is 2.29 bits per heavy atom. The van der Waals surface area contributed by atoms with Crippen LogP contribution >= 0.6 is 11.6 Å². The lowest BCUT2D eigenvalue weighted by Crippen LogP contribution is -2.35. The molecule has 94 valence electrons. The second-order valence-electron chi connectivity index (χ2n) is 3.66. The van der Waals surface area contributed by atoms with Crippen LogP contribution in [0.2, 0.25) is 5.28 Å². The van der Waals surface area contributed by atoms with E-state index < -0.39 is 5.91 Å². The van der Waals surface area contributed by atoms with Gasteiger partial charge in [0.25, 0.3) is 0 Å². The van der Waals surface area contributed by atoms with Gasteiger partial charge in [0.1, 0.15) is 0 Å². The van der Waals surface area contributed by atoms with E-state index in [1.165, 1.54) is 6.20 Å². The minimum atomic E-state index is -0.435. The molecule has 0 aromatic carbocycles. The van der Waals surface area contributed by atoms with Crippen molar-refractivity contribution >= 4 is 29.0 Å². The monoisotopic (exact) mass is 257 g/mol. The third-order valence-corrected chi connectivity index (χ3v) is 2.38. The fourth-order valence-electron chi connectivity index (χ4n) is 1.41. The number of amides is 1. The zero-order chi connectivity index (χ0) is 12.8. The van der Waals surface area contributed by atoms with Crippen LogP contribution in [0.4, 0.5) is 11.5 Å². The number of aromatic nitrogens is 2. The van der Waals surface area contributed by atoms with Gasteiger partial charge in [0.2, 0.25) is 11.2 Å². The third-order valence-electron chi connectivity index (χ3n) is 2.19. The number of rotatable bonds is 6. The smallest absolute Gasteiger partial charge is 0.236 e. The molecule has 1 aromatic rings. The Hall–Kier alpha value is -1.56. The number of anilines is 2. The number of hydrogen-bond acceptors (Lipinski definition) is 5. The van der Waals surface area contributed by atoms with E-state index in [0.29, 0.717) is 18.1 Å². The molecule has 0 saturated heterocycles. The average Bonchev–Trinajstić information content (AvgIpc) is 2.27. The molecular weight excluding hydrogens is 242 g/mol. The maximum Gasteiger partial charge on any atom is 0.236 e. The summed E-state index contributed by atoms with van der Waals surface area (Å²) in [6.45, 7) is 2.77. The van der Waals surface area contributed by atoms with Crippen molar-refractivity contribution in [1.82, 2.24) is 9.97 Å². The Kier molecular flexibility index (Phi) is 4.96. The maximum absolute atomic E-state index is 11.0. The van der Waals surface area contributed by atoms with Crippen molar-refractivity contribution < 1.29 is 4.79 Å². The van der Waals surface area contributed by atoms with Gasteiger partial charge in [-0.05, 0) is 18.0 Å². The molecular formula is C10H16ClN5O. The first-order chi connectivity index (χ1) is 8.04. The summed E-state index contributed by atoms with van der Waals surface area (Å²) in [7, 11) is 0. The molecule has 1 heterocycles. The van der Waals surface area contributed by atoms with Gasteiger partial charge in [-0.3, -0.25) is 4.79 Å². The first-order valence-electron chi connectivity index (χ1n) is 5.35. The molecule has 0 aliphatic rings. The van der Waals surface area contributed by atoms with E-state index in [1.54, 1.807) is 4.90 Å². The lowest BCUT2D eigenvalue weighted by atomic mass is 10.3. The van der Waals surface area contributed by atoms with Gasteiger partial charge in [-0.1, -0.05) is 13.3 Å². The first-order valence-corrected chi connectivity index (χ1v) is 5.73. The summed E-state index contributed by atoms with van der Waals surface area (Å²) < 4.78 is 0. The molecule has 0 saturated carbocycles. The highest BCUT2D eigenvalue weighted by atomic mass is 35.5. The van der Waals surface area contributed by atoms with Crippen molar-refractivity contribution in [2.24, 2.45) is 5.73 Å². The van der Waals surface area contributed by atoms with E-state index in [9.17, 15) is 4.79 Å². The molecule has 0 unspecified atom stereocenters.